The van der Waals surface area contributed by atoms with Gasteiger partial charge in [-0.2, -0.15) is 0 Å². The SMILES string of the molecule is COc1ccc(C(=O)OC(CCC(C)F)c2ccc(C(=O)O)cc2)cc1. The lowest BCUT2D eigenvalue weighted by Crippen LogP contribution is -2.13. The predicted octanol–water partition coefficient (Wildman–Crippen LogP) is 4.43. The number of alkyl halides is 1. The molecule has 2 aromatic carbocycles. The number of carboxylic acids is 1. The zero-order valence-corrected chi connectivity index (χ0v) is 14.6. The number of aromatic carboxylic acids is 1. The van der Waals surface area contributed by atoms with Crippen LogP contribution in [0.4, 0.5) is 4.39 Å². The summed E-state index contributed by atoms with van der Waals surface area (Å²) in [6, 6.07) is 12.5. The van der Waals surface area contributed by atoms with Gasteiger partial charge in [-0.25, -0.2) is 14.0 Å². The van der Waals surface area contributed by atoms with Gasteiger partial charge >= 0.3 is 11.9 Å². The molecule has 0 bridgehead atoms. The Kier molecular flexibility index (Phi) is 6.72. The van der Waals surface area contributed by atoms with E-state index in [2.05, 4.69) is 0 Å². The van der Waals surface area contributed by atoms with Crippen LogP contribution in [-0.4, -0.2) is 30.3 Å². The zero-order chi connectivity index (χ0) is 19.1. The molecule has 0 amide bonds. The molecule has 0 fully saturated rings. The van der Waals surface area contributed by atoms with E-state index in [1.807, 2.05) is 0 Å². The fourth-order valence-electron chi connectivity index (χ4n) is 2.44. The molecule has 2 atom stereocenters. The Morgan fingerprint density at radius 1 is 1.00 bits per heavy atom. The zero-order valence-electron chi connectivity index (χ0n) is 14.6. The van der Waals surface area contributed by atoms with Gasteiger partial charge in [0.1, 0.15) is 11.9 Å². The number of carbonyl (C=O) groups excluding carboxylic acids is 1. The van der Waals surface area contributed by atoms with Crippen molar-refractivity contribution in [3.05, 3.63) is 65.2 Å². The van der Waals surface area contributed by atoms with Crippen LogP contribution in [0.1, 0.15) is 52.1 Å². The minimum absolute atomic E-state index is 0.132. The number of benzene rings is 2. The third-order valence-electron chi connectivity index (χ3n) is 3.93. The number of ether oxygens (including phenoxy) is 2. The smallest absolute Gasteiger partial charge is 0.338 e. The number of halogens is 1. The molecule has 0 aliphatic rings. The summed E-state index contributed by atoms with van der Waals surface area (Å²) in [7, 11) is 1.53. The quantitative estimate of drug-likeness (QED) is 0.705. The van der Waals surface area contributed by atoms with Gasteiger partial charge in [-0.3, -0.25) is 0 Å². The molecule has 26 heavy (non-hydrogen) atoms. The van der Waals surface area contributed by atoms with Crippen molar-refractivity contribution in [3.8, 4) is 5.75 Å². The van der Waals surface area contributed by atoms with Gasteiger partial charge in [0.25, 0.3) is 0 Å². The first-order chi connectivity index (χ1) is 12.4. The molecule has 0 aromatic heterocycles. The van der Waals surface area contributed by atoms with Gasteiger partial charge in [0, 0.05) is 0 Å². The van der Waals surface area contributed by atoms with Crippen LogP contribution in [0.15, 0.2) is 48.5 Å². The van der Waals surface area contributed by atoms with E-state index in [0.717, 1.165) is 0 Å². The lowest BCUT2D eigenvalue weighted by molar-refractivity contribution is 0.0257. The van der Waals surface area contributed by atoms with Crippen LogP contribution in [0.2, 0.25) is 0 Å². The minimum atomic E-state index is -1.04. The van der Waals surface area contributed by atoms with Crippen molar-refractivity contribution < 1.29 is 28.6 Å². The van der Waals surface area contributed by atoms with Crippen LogP contribution in [0, 0.1) is 0 Å². The highest BCUT2D eigenvalue weighted by atomic mass is 19.1. The fourth-order valence-corrected chi connectivity index (χ4v) is 2.44. The molecule has 0 saturated heterocycles. The molecule has 0 spiro atoms. The molecule has 2 rings (SSSR count). The fraction of sp³-hybridized carbons (Fsp3) is 0.300. The lowest BCUT2D eigenvalue weighted by Gasteiger charge is -2.19. The van der Waals surface area contributed by atoms with E-state index in [0.29, 0.717) is 23.3 Å². The molecule has 0 radical (unpaired) electrons. The highest BCUT2D eigenvalue weighted by molar-refractivity contribution is 5.90. The number of methoxy groups -OCH3 is 1. The van der Waals surface area contributed by atoms with E-state index in [4.69, 9.17) is 14.6 Å². The van der Waals surface area contributed by atoms with Crippen LogP contribution in [0.25, 0.3) is 0 Å². The van der Waals surface area contributed by atoms with Crippen molar-refractivity contribution in [2.45, 2.75) is 32.0 Å². The predicted molar refractivity (Wildman–Crippen MR) is 94.4 cm³/mol. The second kappa shape index (κ2) is 8.99. The summed E-state index contributed by atoms with van der Waals surface area (Å²) in [4.78, 5) is 23.4. The highest BCUT2D eigenvalue weighted by Gasteiger charge is 2.19. The van der Waals surface area contributed by atoms with Crippen molar-refractivity contribution in [1.29, 1.82) is 0 Å². The van der Waals surface area contributed by atoms with Crippen LogP contribution >= 0.6 is 0 Å². The lowest BCUT2D eigenvalue weighted by atomic mass is 10.0. The second-order valence-corrected chi connectivity index (χ2v) is 5.91. The van der Waals surface area contributed by atoms with Crippen molar-refractivity contribution in [2.24, 2.45) is 0 Å². The summed E-state index contributed by atoms with van der Waals surface area (Å²) in [6.07, 6.45) is -1.17. The number of rotatable bonds is 8. The Morgan fingerprint density at radius 3 is 2.08 bits per heavy atom. The largest absolute Gasteiger partial charge is 0.497 e. The Labute approximate surface area is 151 Å². The monoisotopic (exact) mass is 360 g/mol. The average molecular weight is 360 g/mol. The molecule has 0 aliphatic carbocycles. The summed E-state index contributed by atoms with van der Waals surface area (Å²) >= 11 is 0. The standard InChI is InChI=1S/C20H21FO5/c1-13(21)3-12-18(14-4-6-15(7-5-14)19(22)23)26-20(24)16-8-10-17(25-2)11-9-16/h4-11,13,18H,3,12H2,1-2H3,(H,22,23). The van der Waals surface area contributed by atoms with Crippen LogP contribution in [-0.2, 0) is 4.74 Å². The van der Waals surface area contributed by atoms with E-state index in [1.54, 1.807) is 36.4 Å². The van der Waals surface area contributed by atoms with Crippen molar-refractivity contribution in [2.75, 3.05) is 7.11 Å². The van der Waals surface area contributed by atoms with Crippen LogP contribution in [0.3, 0.4) is 0 Å². The van der Waals surface area contributed by atoms with Gasteiger partial charge in [-0.15, -0.1) is 0 Å². The van der Waals surface area contributed by atoms with Gasteiger partial charge in [0.05, 0.1) is 24.4 Å². The molecule has 6 heteroatoms. The van der Waals surface area contributed by atoms with E-state index in [9.17, 15) is 14.0 Å². The molecular formula is C20H21FO5. The number of hydrogen-bond acceptors (Lipinski definition) is 4. The van der Waals surface area contributed by atoms with E-state index in [1.165, 1.54) is 26.2 Å². The maximum Gasteiger partial charge on any atom is 0.338 e. The normalized spacial score (nSPS) is 12.9. The van der Waals surface area contributed by atoms with E-state index >= 15 is 0 Å². The van der Waals surface area contributed by atoms with Gasteiger partial charge in [0.2, 0.25) is 0 Å². The Hall–Kier alpha value is -2.89. The Bertz CT molecular complexity index is 738. The summed E-state index contributed by atoms with van der Waals surface area (Å²) < 4.78 is 23.9. The molecule has 0 heterocycles. The molecule has 2 unspecified atom stereocenters. The second-order valence-electron chi connectivity index (χ2n) is 5.91. The summed E-state index contributed by atoms with van der Waals surface area (Å²) in [5.74, 6) is -0.958. The van der Waals surface area contributed by atoms with Gasteiger partial charge in [-0.05, 0) is 61.7 Å². The minimum Gasteiger partial charge on any atom is -0.497 e. The number of carbonyl (C=O) groups is 2. The van der Waals surface area contributed by atoms with Gasteiger partial charge in [-0.1, -0.05) is 12.1 Å². The molecule has 0 saturated carbocycles. The number of esters is 1. The van der Waals surface area contributed by atoms with Gasteiger partial charge in [0.15, 0.2) is 0 Å². The highest BCUT2D eigenvalue weighted by Crippen LogP contribution is 2.26. The molecular weight excluding hydrogens is 339 g/mol. The molecule has 2 aromatic rings. The number of hydrogen-bond donors (Lipinski definition) is 1. The molecule has 5 nitrogen and oxygen atoms in total. The molecule has 1 N–H and O–H groups in total. The van der Waals surface area contributed by atoms with Crippen molar-refractivity contribution >= 4 is 11.9 Å². The van der Waals surface area contributed by atoms with Gasteiger partial charge < -0.3 is 14.6 Å². The first-order valence-electron chi connectivity index (χ1n) is 8.23. The average Bonchev–Trinajstić information content (AvgIpc) is 2.65. The van der Waals surface area contributed by atoms with E-state index < -0.39 is 24.2 Å². The summed E-state index contributed by atoms with van der Waals surface area (Å²) in [5, 5.41) is 8.98. The maximum atomic E-state index is 13.3. The Morgan fingerprint density at radius 2 is 1.58 bits per heavy atom. The Balaban J connectivity index is 2.17. The third-order valence-corrected chi connectivity index (χ3v) is 3.93. The van der Waals surface area contributed by atoms with E-state index in [-0.39, 0.29) is 12.0 Å². The third kappa shape index (κ3) is 5.31. The number of carboxylic acid groups (broad SMARTS) is 1. The van der Waals surface area contributed by atoms with Crippen LogP contribution in [0.5, 0.6) is 5.75 Å². The summed E-state index contributed by atoms with van der Waals surface area (Å²) in [6.45, 7) is 1.44. The topological polar surface area (TPSA) is 72.8 Å². The summed E-state index contributed by atoms with van der Waals surface area (Å²) in [5.41, 5.74) is 1.11. The molecule has 138 valence electrons. The van der Waals surface area contributed by atoms with Crippen molar-refractivity contribution in [3.63, 3.8) is 0 Å². The first-order valence-corrected chi connectivity index (χ1v) is 8.23. The molecule has 0 aliphatic heterocycles. The first kappa shape index (κ1) is 19.4. The maximum absolute atomic E-state index is 13.3. The van der Waals surface area contributed by atoms with Crippen LogP contribution < -0.4 is 4.74 Å². The van der Waals surface area contributed by atoms with Crippen molar-refractivity contribution in [1.82, 2.24) is 0 Å².